The van der Waals surface area contributed by atoms with Gasteiger partial charge in [0.1, 0.15) is 11.5 Å². The molecule has 1 N–H and O–H groups in total. The summed E-state index contributed by atoms with van der Waals surface area (Å²) in [4.78, 5) is 23.4. The number of piperidine rings is 1. The highest BCUT2D eigenvalue weighted by Gasteiger charge is 2.26. The molecule has 5 nitrogen and oxygen atoms in total. The van der Waals surface area contributed by atoms with E-state index in [4.69, 9.17) is 0 Å². The third-order valence-electron chi connectivity index (χ3n) is 6.29. The van der Waals surface area contributed by atoms with Gasteiger partial charge in [0.05, 0.1) is 0 Å². The van der Waals surface area contributed by atoms with Gasteiger partial charge < -0.3 is 10.2 Å². The molecule has 2 aromatic heterocycles. The van der Waals surface area contributed by atoms with E-state index in [1.807, 2.05) is 12.1 Å². The molecule has 0 aromatic carbocycles. The molecule has 2 fully saturated rings. The molecule has 1 aliphatic heterocycles. The lowest BCUT2D eigenvalue weighted by Gasteiger charge is -2.36. The van der Waals surface area contributed by atoms with Crippen molar-refractivity contribution in [2.24, 2.45) is 5.92 Å². The zero-order valence-corrected chi connectivity index (χ0v) is 16.5. The Bertz CT molecular complexity index is 765. The van der Waals surface area contributed by atoms with Crippen molar-refractivity contribution < 1.29 is 4.79 Å². The van der Waals surface area contributed by atoms with E-state index < -0.39 is 0 Å². The number of carbonyl (C=O) groups is 1. The van der Waals surface area contributed by atoms with Gasteiger partial charge in [-0.25, -0.2) is 4.98 Å². The van der Waals surface area contributed by atoms with Crippen LogP contribution in [0.15, 0.2) is 42.7 Å². The molecule has 3 heterocycles. The van der Waals surface area contributed by atoms with E-state index in [1.165, 1.54) is 63.6 Å². The van der Waals surface area contributed by atoms with Crippen LogP contribution in [0.4, 0.5) is 5.82 Å². The van der Waals surface area contributed by atoms with Crippen molar-refractivity contribution in [3.63, 3.8) is 0 Å². The van der Waals surface area contributed by atoms with Gasteiger partial charge >= 0.3 is 0 Å². The molecule has 5 heteroatoms. The van der Waals surface area contributed by atoms with Gasteiger partial charge in [0.2, 0.25) is 0 Å². The van der Waals surface area contributed by atoms with Crippen molar-refractivity contribution >= 4 is 11.7 Å². The predicted molar refractivity (Wildman–Crippen MR) is 111 cm³/mol. The van der Waals surface area contributed by atoms with E-state index in [-0.39, 0.29) is 5.91 Å². The highest BCUT2D eigenvalue weighted by atomic mass is 16.1. The number of hydrogen-bond donors (Lipinski definition) is 1. The number of carbonyl (C=O) groups excluding carboxylic acids is 1. The molecule has 4 rings (SSSR count). The van der Waals surface area contributed by atoms with Crippen LogP contribution < -0.4 is 5.32 Å². The smallest absolute Gasteiger partial charge is 0.275 e. The van der Waals surface area contributed by atoms with Gasteiger partial charge in [0, 0.05) is 18.4 Å². The summed E-state index contributed by atoms with van der Waals surface area (Å²) in [6, 6.07) is 10.2. The lowest BCUT2D eigenvalue weighted by atomic mass is 9.90. The standard InChI is InChI=1S/C23H30N4O/c28-23(21-7-3-4-13-24-21)26-22-17-19(10-14-25-22)9-8-18-11-15-27(16-12-18)20-5-1-2-6-20/h3-4,7,10,13-14,17-18,20H,1-2,5-6,8-9,11-12,15-16H2,(H,25,26,28). The van der Waals surface area contributed by atoms with Gasteiger partial charge in [0.15, 0.2) is 0 Å². The van der Waals surface area contributed by atoms with Crippen molar-refractivity contribution in [2.45, 2.75) is 57.4 Å². The van der Waals surface area contributed by atoms with E-state index >= 15 is 0 Å². The highest BCUT2D eigenvalue weighted by molar-refractivity contribution is 6.02. The molecule has 1 saturated heterocycles. The third-order valence-corrected chi connectivity index (χ3v) is 6.29. The largest absolute Gasteiger partial charge is 0.305 e. The summed E-state index contributed by atoms with van der Waals surface area (Å²) in [7, 11) is 0. The number of aryl methyl sites for hydroxylation is 1. The molecule has 0 atom stereocenters. The molecule has 0 spiro atoms. The van der Waals surface area contributed by atoms with Crippen LogP contribution in [0.2, 0.25) is 0 Å². The molecule has 2 aliphatic rings. The summed E-state index contributed by atoms with van der Waals surface area (Å²) in [5, 5.41) is 2.85. The van der Waals surface area contributed by atoms with Gasteiger partial charge in [-0.15, -0.1) is 0 Å². The Morgan fingerprint density at radius 3 is 2.61 bits per heavy atom. The molecule has 28 heavy (non-hydrogen) atoms. The molecular weight excluding hydrogens is 348 g/mol. The minimum absolute atomic E-state index is 0.218. The van der Waals surface area contributed by atoms with Crippen molar-refractivity contribution in [1.29, 1.82) is 0 Å². The second kappa shape index (κ2) is 9.28. The zero-order valence-electron chi connectivity index (χ0n) is 16.5. The van der Waals surface area contributed by atoms with Crippen LogP contribution in [0.5, 0.6) is 0 Å². The summed E-state index contributed by atoms with van der Waals surface area (Å²) in [6.07, 6.45) is 14.0. The lowest BCUT2D eigenvalue weighted by molar-refractivity contribution is 0.102. The molecule has 0 radical (unpaired) electrons. The molecule has 2 aromatic rings. The van der Waals surface area contributed by atoms with Crippen LogP contribution in [-0.2, 0) is 6.42 Å². The first-order valence-corrected chi connectivity index (χ1v) is 10.7. The van der Waals surface area contributed by atoms with Crippen LogP contribution in [0.3, 0.4) is 0 Å². The molecule has 1 amide bonds. The highest BCUT2D eigenvalue weighted by Crippen LogP contribution is 2.29. The number of nitrogens with zero attached hydrogens (tertiary/aromatic N) is 3. The van der Waals surface area contributed by atoms with Gasteiger partial charge in [-0.1, -0.05) is 18.9 Å². The second-order valence-corrected chi connectivity index (χ2v) is 8.17. The van der Waals surface area contributed by atoms with Crippen LogP contribution in [0.25, 0.3) is 0 Å². The van der Waals surface area contributed by atoms with Gasteiger partial charge in [-0.2, -0.15) is 0 Å². The number of likely N-dealkylation sites (tertiary alicyclic amines) is 1. The van der Waals surface area contributed by atoms with E-state index in [0.29, 0.717) is 11.5 Å². The summed E-state index contributed by atoms with van der Waals surface area (Å²) in [5.41, 5.74) is 1.65. The zero-order chi connectivity index (χ0) is 19.2. The van der Waals surface area contributed by atoms with Crippen LogP contribution in [0, 0.1) is 5.92 Å². The van der Waals surface area contributed by atoms with E-state index in [2.05, 4.69) is 26.3 Å². The number of hydrogen-bond acceptors (Lipinski definition) is 4. The number of amides is 1. The van der Waals surface area contributed by atoms with E-state index in [9.17, 15) is 4.79 Å². The number of rotatable bonds is 6. The minimum Gasteiger partial charge on any atom is -0.305 e. The Morgan fingerprint density at radius 2 is 1.86 bits per heavy atom. The molecule has 0 bridgehead atoms. The lowest BCUT2D eigenvalue weighted by Crippen LogP contribution is -2.40. The normalized spacial score (nSPS) is 19.0. The summed E-state index contributed by atoms with van der Waals surface area (Å²) >= 11 is 0. The monoisotopic (exact) mass is 378 g/mol. The van der Waals surface area contributed by atoms with Crippen LogP contribution in [0.1, 0.15) is 61.0 Å². The molecule has 148 valence electrons. The average molecular weight is 379 g/mol. The first-order valence-electron chi connectivity index (χ1n) is 10.7. The number of anilines is 1. The topological polar surface area (TPSA) is 58.1 Å². The number of pyridine rings is 2. The maximum atomic E-state index is 12.3. The van der Waals surface area contributed by atoms with Crippen molar-refractivity contribution in [1.82, 2.24) is 14.9 Å². The number of aromatic nitrogens is 2. The van der Waals surface area contributed by atoms with Crippen LogP contribution in [-0.4, -0.2) is 39.9 Å². The SMILES string of the molecule is O=C(Nc1cc(CCC2CCN(C3CCCC3)CC2)ccn1)c1ccccn1. The molecule has 1 aliphatic carbocycles. The van der Waals surface area contributed by atoms with Gasteiger partial charge in [-0.3, -0.25) is 9.78 Å². The van der Waals surface area contributed by atoms with Crippen molar-refractivity contribution in [3.8, 4) is 0 Å². The second-order valence-electron chi connectivity index (χ2n) is 8.17. The molecule has 0 unspecified atom stereocenters. The average Bonchev–Trinajstić information content (AvgIpc) is 3.28. The first kappa shape index (κ1) is 19.1. The number of nitrogens with one attached hydrogen (secondary N) is 1. The fraction of sp³-hybridized carbons (Fsp3) is 0.522. The summed E-state index contributed by atoms with van der Waals surface area (Å²) < 4.78 is 0. The van der Waals surface area contributed by atoms with E-state index in [0.717, 1.165) is 18.4 Å². The summed E-state index contributed by atoms with van der Waals surface area (Å²) in [6.45, 7) is 2.55. The quantitative estimate of drug-likeness (QED) is 0.813. The Labute approximate surface area is 167 Å². The fourth-order valence-corrected chi connectivity index (χ4v) is 4.62. The Kier molecular flexibility index (Phi) is 6.32. The Hall–Kier alpha value is -2.27. The summed E-state index contributed by atoms with van der Waals surface area (Å²) in [5.74, 6) is 1.20. The minimum atomic E-state index is -0.218. The van der Waals surface area contributed by atoms with E-state index in [1.54, 1.807) is 24.5 Å². The third kappa shape index (κ3) is 4.96. The van der Waals surface area contributed by atoms with Crippen molar-refractivity contribution in [3.05, 3.63) is 54.0 Å². The predicted octanol–water partition coefficient (Wildman–Crippen LogP) is 4.32. The van der Waals surface area contributed by atoms with Crippen molar-refractivity contribution in [2.75, 3.05) is 18.4 Å². The van der Waals surface area contributed by atoms with Crippen LogP contribution >= 0.6 is 0 Å². The molecule has 1 saturated carbocycles. The fourth-order valence-electron chi connectivity index (χ4n) is 4.62. The maximum absolute atomic E-state index is 12.3. The molecular formula is C23H30N4O. The van der Waals surface area contributed by atoms with Gasteiger partial charge in [-0.05, 0) is 87.4 Å². The first-order chi connectivity index (χ1) is 13.8. The Morgan fingerprint density at radius 1 is 1.04 bits per heavy atom. The van der Waals surface area contributed by atoms with Gasteiger partial charge in [0.25, 0.3) is 5.91 Å². The maximum Gasteiger partial charge on any atom is 0.275 e. The Balaban J connectivity index is 1.25.